The highest BCUT2D eigenvalue weighted by molar-refractivity contribution is 8.18. The van der Waals surface area contributed by atoms with Crippen LogP contribution in [0.1, 0.15) is 11.5 Å². The Bertz CT molecular complexity index is 1380. The fraction of sp³-hybridized carbons (Fsp3) is 0.304. The standard InChI is InChI=1S/C23H24N8O3S/c1-30-8-10-31(11-9-30)19-13-14(12-17-21(33)29-23(34)35-17)25-22(28-19)24-7-6-18-26-16-5-3-2-4-15(16)20(32)27-18/h2-5,12-13H,6-11H2,1H3,(H,24,25,28)(H,26,27,32)(H,29,33,34)/b17-12-. The SMILES string of the molecule is CN1CCN(c2cc(/C=C3\SC(=O)NC3=O)nc(NCCc3nc4ccccc4c(=O)[nH]3)n2)CC1. The van der Waals surface area contributed by atoms with E-state index in [1.165, 1.54) is 0 Å². The Balaban J connectivity index is 1.36. The number of aromatic amines is 1. The van der Waals surface area contributed by atoms with Crippen LogP contribution in [0, 0.1) is 0 Å². The lowest BCUT2D eigenvalue weighted by atomic mass is 10.2. The topological polar surface area (TPSA) is 136 Å². The van der Waals surface area contributed by atoms with Crippen molar-refractivity contribution in [3.8, 4) is 0 Å². The Hall–Kier alpha value is -3.77. The van der Waals surface area contributed by atoms with Crippen molar-refractivity contribution in [2.24, 2.45) is 0 Å². The van der Waals surface area contributed by atoms with E-state index in [1.54, 1.807) is 12.1 Å². The summed E-state index contributed by atoms with van der Waals surface area (Å²) < 4.78 is 0. The number of nitrogens with zero attached hydrogens (tertiary/aromatic N) is 5. The highest BCUT2D eigenvalue weighted by Gasteiger charge is 2.25. The zero-order valence-corrected chi connectivity index (χ0v) is 19.9. The number of carbonyl (C=O) groups excluding carboxylic acids is 2. The molecule has 180 valence electrons. The van der Waals surface area contributed by atoms with Gasteiger partial charge in [0.2, 0.25) is 5.95 Å². The Kier molecular flexibility index (Phi) is 6.47. The summed E-state index contributed by atoms with van der Waals surface area (Å²) in [5, 5.41) is 5.62. The summed E-state index contributed by atoms with van der Waals surface area (Å²) in [6, 6.07) is 9.03. The molecule has 2 aromatic heterocycles. The molecule has 35 heavy (non-hydrogen) atoms. The van der Waals surface area contributed by atoms with Gasteiger partial charge < -0.3 is 20.1 Å². The molecule has 0 aliphatic carbocycles. The molecule has 2 saturated heterocycles. The summed E-state index contributed by atoms with van der Waals surface area (Å²) in [6.45, 7) is 3.91. The minimum absolute atomic E-state index is 0.172. The first kappa shape index (κ1) is 23.0. The maximum Gasteiger partial charge on any atom is 0.290 e. The molecule has 0 unspecified atom stereocenters. The van der Waals surface area contributed by atoms with E-state index in [0.717, 1.165) is 43.8 Å². The molecule has 0 atom stereocenters. The zero-order valence-electron chi connectivity index (χ0n) is 19.1. The number of amides is 2. The second kappa shape index (κ2) is 9.84. The van der Waals surface area contributed by atoms with Crippen molar-refractivity contribution < 1.29 is 9.59 Å². The minimum atomic E-state index is -0.430. The van der Waals surface area contributed by atoms with Gasteiger partial charge in [0.05, 0.1) is 21.5 Å². The minimum Gasteiger partial charge on any atom is -0.354 e. The Labute approximate surface area is 205 Å². The molecule has 0 bridgehead atoms. The summed E-state index contributed by atoms with van der Waals surface area (Å²) in [6.07, 6.45) is 2.06. The summed E-state index contributed by atoms with van der Waals surface area (Å²) >= 11 is 0.852. The van der Waals surface area contributed by atoms with E-state index in [2.05, 4.69) is 47.4 Å². The lowest BCUT2D eigenvalue weighted by Gasteiger charge is -2.33. The quantitative estimate of drug-likeness (QED) is 0.434. The molecule has 3 aromatic rings. The molecule has 11 nitrogen and oxygen atoms in total. The second-order valence-electron chi connectivity index (χ2n) is 8.32. The molecule has 2 aliphatic rings. The predicted molar refractivity (Wildman–Crippen MR) is 135 cm³/mol. The van der Waals surface area contributed by atoms with Crippen molar-refractivity contribution >= 4 is 51.7 Å². The Morgan fingerprint density at radius 3 is 2.66 bits per heavy atom. The normalized spacial score (nSPS) is 17.9. The van der Waals surface area contributed by atoms with Crippen LogP contribution in [0.15, 0.2) is 40.0 Å². The number of benzene rings is 1. The molecule has 2 fully saturated rings. The fourth-order valence-electron chi connectivity index (χ4n) is 3.90. The van der Waals surface area contributed by atoms with Gasteiger partial charge in [0, 0.05) is 45.2 Å². The van der Waals surface area contributed by atoms with Crippen LogP contribution in [0.2, 0.25) is 0 Å². The van der Waals surface area contributed by atoms with Gasteiger partial charge in [0.15, 0.2) is 0 Å². The maximum atomic E-state index is 12.3. The van der Waals surface area contributed by atoms with Crippen LogP contribution in [0.25, 0.3) is 17.0 Å². The average Bonchev–Trinajstić information content (AvgIpc) is 3.15. The van der Waals surface area contributed by atoms with Crippen LogP contribution in [0.5, 0.6) is 0 Å². The molecular formula is C23H24N8O3S. The van der Waals surface area contributed by atoms with E-state index in [9.17, 15) is 14.4 Å². The molecule has 12 heteroatoms. The number of hydrogen-bond acceptors (Lipinski definition) is 10. The predicted octanol–water partition coefficient (Wildman–Crippen LogP) is 1.44. The van der Waals surface area contributed by atoms with Crippen molar-refractivity contribution in [3.63, 3.8) is 0 Å². The van der Waals surface area contributed by atoms with Gasteiger partial charge in [0.25, 0.3) is 16.7 Å². The zero-order chi connectivity index (χ0) is 24.4. The van der Waals surface area contributed by atoms with E-state index >= 15 is 0 Å². The van der Waals surface area contributed by atoms with Crippen LogP contribution in [0.4, 0.5) is 16.6 Å². The number of nitrogens with one attached hydrogen (secondary N) is 3. The van der Waals surface area contributed by atoms with Crippen LogP contribution in [-0.2, 0) is 11.2 Å². The summed E-state index contributed by atoms with van der Waals surface area (Å²) in [5.41, 5.74) is 1.01. The van der Waals surface area contributed by atoms with Crippen molar-refractivity contribution in [2.45, 2.75) is 6.42 Å². The third-order valence-electron chi connectivity index (χ3n) is 5.79. The fourth-order valence-corrected chi connectivity index (χ4v) is 4.57. The van der Waals surface area contributed by atoms with Crippen LogP contribution in [-0.4, -0.2) is 75.8 Å². The van der Waals surface area contributed by atoms with E-state index in [0.29, 0.717) is 46.2 Å². The summed E-state index contributed by atoms with van der Waals surface area (Å²) in [5.74, 6) is 1.28. The van der Waals surface area contributed by atoms with Gasteiger partial charge in [0.1, 0.15) is 11.6 Å². The molecule has 4 heterocycles. The monoisotopic (exact) mass is 492 g/mol. The van der Waals surface area contributed by atoms with Gasteiger partial charge >= 0.3 is 0 Å². The number of piperazine rings is 1. The molecular weight excluding hydrogens is 468 g/mol. The molecule has 0 saturated carbocycles. The number of likely N-dealkylation sites (N-methyl/N-ethyl adjacent to an activating group) is 1. The molecule has 5 rings (SSSR count). The molecule has 0 spiro atoms. The number of para-hydroxylation sites is 1. The second-order valence-corrected chi connectivity index (χ2v) is 9.34. The van der Waals surface area contributed by atoms with Gasteiger partial charge in [-0.25, -0.2) is 9.97 Å². The van der Waals surface area contributed by atoms with Crippen molar-refractivity contribution in [2.75, 3.05) is 50.0 Å². The Morgan fingerprint density at radius 2 is 1.89 bits per heavy atom. The van der Waals surface area contributed by atoms with Crippen molar-refractivity contribution in [1.29, 1.82) is 0 Å². The smallest absolute Gasteiger partial charge is 0.290 e. The highest BCUT2D eigenvalue weighted by atomic mass is 32.2. The van der Waals surface area contributed by atoms with E-state index < -0.39 is 11.1 Å². The number of H-pyrrole nitrogens is 1. The Morgan fingerprint density at radius 1 is 1.09 bits per heavy atom. The number of anilines is 2. The summed E-state index contributed by atoms with van der Waals surface area (Å²) in [7, 11) is 2.08. The van der Waals surface area contributed by atoms with E-state index in [4.69, 9.17) is 0 Å². The van der Waals surface area contributed by atoms with Crippen LogP contribution in [0.3, 0.4) is 0 Å². The van der Waals surface area contributed by atoms with Gasteiger partial charge in [-0.05, 0) is 37.0 Å². The van der Waals surface area contributed by atoms with E-state index in [-0.39, 0.29) is 5.56 Å². The highest BCUT2D eigenvalue weighted by Crippen LogP contribution is 2.26. The number of rotatable bonds is 6. The number of thioether (sulfide) groups is 1. The summed E-state index contributed by atoms with van der Waals surface area (Å²) in [4.78, 5) is 57.2. The van der Waals surface area contributed by atoms with Crippen LogP contribution < -0.4 is 21.1 Å². The van der Waals surface area contributed by atoms with Gasteiger partial charge in [-0.15, -0.1) is 0 Å². The van der Waals surface area contributed by atoms with Crippen LogP contribution >= 0.6 is 11.8 Å². The molecule has 2 aliphatic heterocycles. The first-order valence-electron chi connectivity index (χ1n) is 11.2. The molecule has 2 amide bonds. The third-order valence-corrected chi connectivity index (χ3v) is 6.60. The molecule has 3 N–H and O–H groups in total. The van der Waals surface area contributed by atoms with Crippen molar-refractivity contribution in [3.05, 3.63) is 57.1 Å². The third kappa shape index (κ3) is 5.33. The number of fused-ring (bicyclic) bond motifs is 1. The number of aromatic nitrogens is 4. The lowest BCUT2D eigenvalue weighted by molar-refractivity contribution is -0.115. The van der Waals surface area contributed by atoms with Gasteiger partial charge in [-0.2, -0.15) is 4.98 Å². The first-order valence-corrected chi connectivity index (χ1v) is 12.1. The number of imide groups is 1. The number of carbonyl (C=O) groups is 2. The van der Waals surface area contributed by atoms with Gasteiger partial charge in [-0.3, -0.25) is 19.7 Å². The van der Waals surface area contributed by atoms with Crippen molar-refractivity contribution in [1.82, 2.24) is 30.2 Å². The first-order chi connectivity index (χ1) is 16.9. The van der Waals surface area contributed by atoms with E-state index in [1.807, 2.05) is 24.3 Å². The largest absolute Gasteiger partial charge is 0.354 e. The maximum absolute atomic E-state index is 12.3. The molecule has 0 radical (unpaired) electrons. The average molecular weight is 493 g/mol. The van der Waals surface area contributed by atoms with Gasteiger partial charge in [-0.1, -0.05) is 12.1 Å². The lowest BCUT2D eigenvalue weighted by Crippen LogP contribution is -2.44. The molecule has 1 aromatic carbocycles. The number of hydrogen-bond donors (Lipinski definition) is 3.